The quantitative estimate of drug-likeness (QED) is 0.723. The predicted molar refractivity (Wildman–Crippen MR) is 95.2 cm³/mol. The van der Waals surface area contributed by atoms with E-state index in [-0.39, 0.29) is 17.6 Å². The molecule has 3 aromatic rings. The highest BCUT2D eigenvalue weighted by Crippen LogP contribution is 2.20. The van der Waals surface area contributed by atoms with Crippen LogP contribution in [0.1, 0.15) is 31.5 Å². The maximum atomic E-state index is 12.6. The van der Waals surface area contributed by atoms with Gasteiger partial charge in [0.2, 0.25) is 5.91 Å². The summed E-state index contributed by atoms with van der Waals surface area (Å²) in [4.78, 5) is 24.6. The third-order valence-electron chi connectivity index (χ3n) is 4.79. The van der Waals surface area contributed by atoms with E-state index in [1.54, 1.807) is 16.7 Å². The largest absolute Gasteiger partial charge is 0.463 e. The van der Waals surface area contributed by atoms with Crippen LogP contribution in [0, 0.1) is 6.92 Å². The van der Waals surface area contributed by atoms with Gasteiger partial charge < -0.3 is 14.5 Å². The van der Waals surface area contributed by atoms with Crippen molar-refractivity contribution in [1.82, 2.24) is 19.5 Å². The molecule has 0 radical (unpaired) electrons. The van der Waals surface area contributed by atoms with Gasteiger partial charge in [-0.15, -0.1) is 0 Å². The minimum atomic E-state index is -0.179. The molecule has 0 aromatic carbocycles. The van der Waals surface area contributed by atoms with Crippen LogP contribution < -0.4 is 10.9 Å². The summed E-state index contributed by atoms with van der Waals surface area (Å²) in [5.41, 5.74) is 1.86. The zero-order valence-electron chi connectivity index (χ0n) is 14.7. The van der Waals surface area contributed by atoms with Gasteiger partial charge in [0.05, 0.1) is 17.9 Å². The summed E-state index contributed by atoms with van der Waals surface area (Å²) >= 11 is 0. The first-order valence-corrected chi connectivity index (χ1v) is 8.98. The lowest BCUT2D eigenvalue weighted by atomic mass is 10.2. The number of nitrogens with zero attached hydrogens (tertiary/aromatic N) is 3. The van der Waals surface area contributed by atoms with Gasteiger partial charge in [-0.25, -0.2) is 4.68 Å². The molecule has 138 valence electrons. The van der Waals surface area contributed by atoms with E-state index < -0.39 is 0 Å². The first-order valence-electron chi connectivity index (χ1n) is 8.98. The Bertz CT molecular complexity index is 994. The fraction of sp³-hybridized carbons (Fsp3) is 0.500. The molecule has 1 fully saturated rings. The Hall–Kier alpha value is -2.61. The minimum Gasteiger partial charge on any atom is -0.463 e. The second-order valence-electron chi connectivity index (χ2n) is 6.65. The molecule has 4 rings (SSSR count). The molecule has 4 heterocycles. The maximum Gasteiger partial charge on any atom is 0.291 e. The van der Waals surface area contributed by atoms with Gasteiger partial charge in [-0.2, -0.15) is 5.10 Å². The smallest absolute Gasteiger partial charge is 0.291 e. The van der Waals surface area contributed by atoms with E-state index in [1.807, 2.05) is 13.0 Å². The number of hydrogen-bond acceptors (Lipinski definition) is 5. The Balaban J connectivity index is 1.40. The third kappa shape index (κ3) is 3.12. The van der Waals surface area contributed by atoms with Gasteiger partial charge in [0.15, 0.2) is 5.58 Å². The summed E-state index contributed by atoms with van der Waals surface area (Å²) in [6, 6.07) is 3.55. The van der Waals surface area contributed by atoms with E-state index in [9.17, 15) is 9.59 Å². The molecule has 0 spiro atoms. The van der Waals surface area contributed by atoms with Crippen LogP contribution in [0.25, 0.3) is 16.6 Å². The number of rotatable bonds is 6. The predicted octanol–water partition coefficient (Wildman–Crippen LogP) is 1.63. The molecule has 1 aliphatic rings. The lowest BCUT2D eigenvalue weighted by Gasteiger charge is -2.11. The van der Waals surface area contributed by atoms with E-state index in [2.05, 4.69) is 10.4 Å². The number of carbonyl (C=O) groups excluding carboxylic acids is 1. The van der Waals surface area contributed by atoms with Crippen molar-refractivity contribution in [2.75, 3.05) is 13.2 Å². The second kappa shape index (κ2) is 6.95. The van der Waals surface area contributed by atoms with E-state index in [0.717, 1.165) is 25.0 Å². The van der Waals surface area contributed by atoms with Crippen LogP contribution in [-0.4, -0.2) is 39.3 Å². The molecule has 1 aliphatic heterocycles. The minimum absolute atomic E-state index is 0.0217. The number of aromatic nitrogens is 3. The van der Waals surface area contributed by atoms with Crippen LogP contribution in [0.5, 0.6) is 0 Å². The van der Waals surface area contributed by atoms with Crippen LogP contribution in [0.15, 0.2) is 27.6 Å². The highest BCUT2D eigenvalue weighted by Gasteiger charge is 2.16. The van der Waals surface area contributed by atoms with Crippen molar-refractivity contribution in [3.05, 3.63) is 34.6 Å². The molecule has 1 N–H and O–H groups in total. The number of carbonyl (C=O) groups is 1. The maximum absolute atomic E-state index is 12.6. The summed E-state index contributed by atoms with van der Waals surface area (Å²) in [6.45, 7) is 3.59. The summed E-state index contributed by atoms with van der Waals surface area (Å²) in [5.74, 6) is 0.686. The molecule has 8 heteroatoms. The highest BCUT2D eigenvalue weighted by atomic mass is 16.5. The molecular weight excluding hydrogens is 336 g/mol. The van der Waals surface area contributed by atoms with Crippen molar-refractivity contribution in [2.45, 2.75) is 45.3 Å². The SMILES string of the molecule is Cc1nn(CCCC(=O)NC[C@H]2CCCO2)c(=O)c2cc3occc3n12. The van der Waals surface area contributed by atoms with Gasteiger partial charge in [-0.3, -0.25) is 14.0 Å². The van der Waals surface area contributed by atoms with Crippen molar-refractivity contribution >= 4 is 22.5 Å². The van der Waals surface area contributed by atoms with Crippen molar-refractivity contribution < 1.29 is 13.9 Å². The average molecular weight is 358 g/mol. The average Bonchev–Trinajstić information content (AvgIpc) is 3.33. The number of fused-ring (bicyclic) bond motifs is 3. The molecule has 3 aromatic heterocycles. The van der Waals surface area contributed by atoms with E-state index in [4.69, 9.17) is 9.15 Å². The Morgan fingerprint density at radius 1 is 1.42 bits per heavy atom. The van der Waals surface area contributed by atoms with Crippen LogP contribution >= 0.6 is 0 Å². The fourth-order valence-electron chi connectivity index (χ4n) is 3.49. The monoisotopic (exact) mass is 358 g/mol. The molecule has 1 amide bonds. The van der Waals surface area contributed by atoms with Crippen LogP contribution in [-0.2, 0) is 16.1 Å². The van der Waals surface area contributed by atoms with Crippen molar-refractivity contribution in [1.29, 1.82) is 0 Å². The van der Waals surface area contributed by atoms with Crippen molar-refractivity contribution in [3.63, 3.8) is 0 Å². The number of hydrogen-bond donors (Lipinski definition) is 1. The number of furan rings is 1. The molecule has 0 bridgehead atoms. The van der Waals surface area contributed by atoms with Crippen LogP contribution in [0.3, 0.4) is 0 Å². The summed E-state index contributed by atoms with van der Waals surface area (Å²) in [5, 5.41) is 7.27. The topological polar surface area (TPSA) is 90.8 Å². The zero-order chi connectivity index (χ0) is 18.1. The first-order chi connectivity index (χ1) is 12.6. The third-order valence-corrected chi connectivity index (χ3v) is 4.79. The van der Waals surface area contributed by atoms with E-state index >= 15 is 0 Å². The van der Waals surface area contributed by atoms with E-state index in [1.165, 1.54) is 4.68 Å². The van der Waals surface area contributed by atoms with Gasteiger partial charge in [0, 0.05) is 38.2 Å². The molecular formula is C18H22N4O4. The number of amides is 1. The van der Waals surface area contributed by atoms with Gasteiger partial charge in [0.25, 0.3) is 5.56 Å². The van der Waals surface area contributed by atoms with Crippen LogP contribution in [0.4, 0.5) is 0 Å². The molecule has 0 unspecified atom stereocenters. The first kappa shape index (κ1) is 16.8. The van der Waals surface area contributed by atoms with E-state index in [0.29, 0.717) is 42.9 Å². The molecule has 1 atom stereocenters. The standard InChI is InChI=1S/C18H22N4O4/c1-12-20-21(7-2-5-17(23)19-11-13-4-3-8-25-13)18(24)15-10-16-14(22(12)15)6-9-26-16/h6,9-10,13H,2-5,7-8,11H2,1H3,(H,19,23)/t13-/m1/s1. The van der Waals surface area contributed by atoms with Gasteiger partial charge in [-0.05, 0) is 26.2 Å². The second-order valence-corrected chi connectivity index (χ2v) is 6.65. The highest BCUT2D eigenvalue weighted by molar-refractivity contribution is 5.82. The van der Waals surface area contributed by atoms with Gasteiger partial charge >= 0.3 is 0 Å². The van der Waals surface area contributed by atoms with Gasteiger partial charge in [-0.1, -0.05) is 0 Å². The molecule has 0 saturated carbocycles. The normalized spacial score (nSPS) is 17.3. The summed E-state index contributed by atoms with van der Waals surface area (Å²) in [7, 11) is 0. The number of aryl methyl sites for hydroxylation is 2. The lowest BCUT2D eigenvalue weighted by Crippen LogP contribution is -2.32. The summed E-state index contributed by atoms with van der Waals surface area (Å²) in [6.07, 6.45) is 4.70. The van der Waals surface area contributed by atoms with Crippen molar-refractivity contribution in [2.24, 2.45) is 0 Å². The zero-order valence-corrected chi connectivity index (χ0v) is 14.7. The van der Waals surface area contributed by atoms with Crippen molar-refractivity contribution in [3.8, 4) is 0 Å². The summed E-state index contributed by atoms with van der Waals surface area (Å²) < 4.78 is 14.1. The number of nitrogens with one attached hydrogen (secondary N) is 1. The fourth-order valence-corrected chi connectivity index (χ4v) is 3.49. The molecule has 26 heavy (non-hydrogen) atoms. The van der Waals surface area contributed by atoms with Gasteiger partial charge in [0.1, 0.15) is 11.3 Å². The molecule has 8 nitrogen and oxygen atoms in total. The Morgan fingerprint density at radius 2 is 2.31 bits per heavy atom. The molecule has 0 aliphatic carbocycles. The Labute approximate surface area is 149 Å². The number of ether oxygens (including phenoxy) is 1. The Kier molecular flexibility index (Phi) is 4.50. The van der Waals surface area contributed by atoms with Crippen LogP contribution in [0.2, 0.25) is 0 Å². The lowest BCUT2D eigenvalue weighted by molar-refractivity contribution is -0.121. The molecule has 1 saturated heterocycles. The Morgan fingerprint density at radius 3 is 3.12 bits per heavy atom.